The molecular weight excluding hydrogens is 513 g/mol. The van der Waals surface area contributed by atoms with Gasteiger partial charge in [-0.15, -0.1) is 0 Å². The van der Waals surface area contributed by atoms with E-state index in [0.29, 0.717) is 0 Å². The van der Waals surface area contributed by atoms with E-state index in [0.717, 1.165) is 24.3 Å². The van der Waals surface area contributed by atoms with E-state index < -0.39 is 62.6 Å². The number of hydrogen-bond donors (Lipinski definition) is 2. The lowest BCUT2D eigenvalue weighted by Crippen LogP contribution is -2.42. The van der Waals surface area contributed by atoms with Gasteiger partial charge in [-0.25, -0.2) is 17.6 Å². The molecule has 35 heavy (non-hydrogen) atoms. The van der Waals surface area contributed by atoms with E-state index >= 15 is 0 Å². The van der Waals surface area contributed by atoms with Crippen LogP contribution in [0.25, 0.3) is 0 Å². The summed E-state index contributed by atoms with van der Waals surface area (Å²) in [6, 6.07) is 3.03. The number of halogens is 2. The first-order valence-corrected chi connectivity index (χ1v) is 12.3. The van der Waals surface area contributed by atoms with Crippen molar-refractivity contribution in [2.75, 3.05) is 17.9 Å². The maximum atomic E-state index is 13.3. The van der Waals surface area contributed by atoms with Crippen LogP contribution in [0.15, 0.2) is 29.8 Å². The van der Waals surface area contributed by atoms with E-state index in [1.54, 1.807) is 0 Å². The smallest absolute Gasteiger partial charge is 0.332 e. The molecule has 1 spiro atoms. The van der Waals surface area contributed by atoms with Gasteiger partial charge in [0.25, 0.3) is 0 Å². The van der Waals surface area contributed by atoms with E-state index in [-0.39, 0.29) is 36.8 Å². The van der Waals surface area contributed by atoms with Crippen LogP contribution in [-0.4, -0.2) is 67.9 Å². The van der Waals surface area contributed by atoms with Crippen LogP contribution >= 0.6 is 11.6 Å². The van der Waals surface area contributed by atoms with Crippen molar-refractivity contribution >= 4 is 45.2 Å². The highest BCUT2D eigenvalue weighted by Crippen LogP contribution is 2.41. The second-order valence-corrected chi connectivity index (χ2v) is 10.2. The number of hydrogen-bond acceptors (Lipinski definition) is 9. The molecule has 11 nitrogen and oxygen atoms in total. The fourth-order valence-corrected chi connectivity index (χ4v) is 5.60. The average molecular weight is 536 g/mol. The normalized spacial score (nSPS) is 23.4. The zero-order valence-electron chi connectivity index (χ0n) is 18.7. The monoisotopic (exact) mass is 535 g/mol. The van der Waals surface area contributed by atoms with Crippen molar-refractivity contribution in [1.82, 2.24) is 0 Å². The Balaban J connectivity index is 1.88. The Kier molecular flexibility index (Phi) is 8.04. The van der Waals surface area contributed by atoms with Crippen molar-refractivity contribution in [2.45, 2.75) is 49.9 Å². The molecule has 0 amide bonds. The highest BCUT2D eigenvalue weighted by Gasteiger charge is 2.52. The number of rotatable bonds is 8. The molecule has 1 aliphatic carbocycles. The minimum absolute atomic E-state index is 0.0837. The SMILES string of the molecule is CC(=O)OC[C@H]1OC2(C=C(C(=O)O)C(S(=O)(=O)Nc3ccc(F)cc3Cl)CC2)O[C@@H]1COC(C)=O. The predicted octanol–water partition coefficient (Wildman–Crippen LogP) is 2.00. The summed E-state index contributed by atoms with van der Waals surface area (Å²) in [4.78, 5) is 34.5. The largest absolute Gasteiger partial charge is 0.478 e. The number of ether oxygens (including phenoxy) is 4. The van der Waals surface area contributed by atoms with Gasteiger partial charge in [0.05, 0.1) is 16.3 Å². The summed E-state index contributed by atoms with van der Waals surface area (Å²) in [5.74, 6) is -5.04. The number of aliphatic carboxylic acids is 1. The number of carbonyl (C=O) groups is 3. The topological polar surface area (TPSA) is 155 Å². The minimum atomic E-state index is -4.34. The van der Waals surface area contributed by atoms with Crippen molar-refractivity contribution in [2.24, 2.45) is 0 Å². The van der Waals surface area contributed by atoms with Gasteiger partial charge in [-0.05, 0) is 30.7 Å². The summed E-state index contributed by atoms with van der Waals surface area (Å²) in [5.41, 5.74) is -0.643. The minimum Gasteiger partial charge on any atom is -0.478 e. The second-order valence-electron chi connectivity index (χ2n) is 7.93. The first-order chi connectivity index (χ1) is 16.3. The van der Waals surface area contributed by atoms with Crippen LogP contribution in [0.1, 0.15) is 26.7 Å². The quantitative estimate of drug-likeness (QED) is 0.472. The molecule has 2 N–H and O–H groups in total. The van der Waals surface area contributed by atoms with E-state index in [2.05, 4.69) is 4.72 Å². The molecule has 14 heteroatoms. The van der Waals surface area contributed by atoms with Crippen molar-refractivity contribution in [3.05, 3.63) is 40.7 Å². The van der Waals surface area contributed by atoms with E-state index in [4.69, 9.17) is 30.5 Å². The van der Waals surface area contributed by atoms with Gasteiger partial charge in [0.2, 0.25) is 10.0 Å². The van der Waals surface area contributed by atoms with E-state index in [1.807, 2.05) is 0 Å². The number of carboxylic acid groups (broad SMARTS) is 1. The molecule has 0 bridgehead atoms. The van der Waals surface area contributed by atoms with Gasteiger partial charge in [0.1, 0.15) is 36.5 Å². The summed E-state index contributed by atoms with van der Waals surface area (Å²) in [5, 5.41) is 8.05. The Labute approximate surface area is 205 Å². The molecule has 1 unspecified atom stereocenters. The third kappa shape index (κ3) is 6.48. The van der Waals surface area contributed by atoms with Crippen LogP contribution in [-0.2, 0) is 43.4 Å². The van der Waals surface area contributed by atoms with Crippen LogP contribution in [0.3, 0.4) is 0 Å². The number of carbonyl (C=O) groups excluding carboxylic acids is 2. The fourth-order valence-electron chi connectivity index (χ4n) is 3.77. The molecule has 0 aromatic heterocycles. The van der Waals surface area contributed by atoms with Gasteiger partial charge in [0, 0.05) is 20.3 Å². The van der Waals surface area contributed by atoms with Crippen molar-refractivity contribution in [3.8, 4) is 0 Å². The maximum absolute atomic E-state index is 13.3. The molecule has 192 valence electrons. The second kappa shape index (κ2) is 10.5. The predicted molar refractivity (Wildman–Crippen MR) is 118 cm³/mol. The molecule has 0 saturated carbocycles. The zero-order valence-corrected chi connectivity index (χ0v) is 20.2. The van der Waals surface area contributed by atoms with Gasteiger partial charge in [-0.3, -0.25) is 14.3 Å². The molecule has 1 aliphatic heterocycles. The van der Waals surface area contributed by atoms with Crippen molar-refractivity contribution < 1.29 is 51.2 Å². The standard InChI is InChI=1S/C21H23ClFNO10S/c1-11(25)31-9-17-18(10-32-12(2)26)34-21(33-17)6-5-19(14(8-21)20(27)28)35(29,30)24-16-4-3-13(23)7-15(16)22/h3-4,7-8,17-19,24H,5-6,9-10H2,1-2H3,(H,27,28)/t17-,18-,19?/m1/s1. The average Bonchev–Trinajstić information content (AvgIpc) is 3.09. The third-order valence-corrected chi connectivity index (χ3v) is 7.36. The summed E-state index contributed by atoms with van der Waals surface area (Å²) < 4.78 is 63.2. The fraction of sp³-hybridized carbons (Fsp3) is 0.476. The Morgan fingerprint density at radius 3 is 2.23 bits per heavy atom. The zero-order chi connectivity index (χ0) is 26.0. The third-order valence-electron chi connectivity index (χ3n) is 5.30. The number of benzene rings is 1. The Bertz CT molecular complexity index is 1130. The molecule has 1 aromatic rings. The lowest BCUT2D eigenvalue weighted by molar-refractivity contribution is -0.162. The summed E-state index contributed by atoms with van der Waals surface area (Å²) in [6.07, 6.45) is -1.08. The van der Waals surface area contributed by atoms with Gasteiger partial charge in [-0.2, -0.15) is 0 Å². The first-order valence-electron chi connectivity index (χ1n) is 10.4. The van der Waals surface area contributed by atoms with Gasteiger partial charge >= 0.3 is 17.9 Å². The summed E-state index contributed by atoms with van der Waals surface area (Å²) in [7, 11) is -4.34. The Morgan fingerprint density at radius 2 is 1.74 bits per heavy atom. The molecular formula is C21H23ClFNO10S. The molecule has 1 heterocycles. The highest BCUT2D eigenvalue weighted by atomic mass is 35.5. The van der Waals surface area contributed by atoms with Crippen LogP contribution in [0.5, 0.6) is 0 Å². The van der Waals surface area contributed by atoms with Crippen LogP contribution < -0.4 is 4.72 Å². The Morgan fingerprint density at radius 1 is 1.17 bits per heavy atom. The number of esters is 2. The summed E-state index contributed by atoms with van der Waals surface area (Å²) in [6.45, 7) is 1.86. The number of carboxylic acids is 1. The number of sulfonamides is 1. The Hall–Kier alpha value is -2.74. The molecule has 3 rings (SSSR count). The number of nitrogens with one attached hydrogen (secondary N) is 1. The molecule has 2 aliphatic rings. The van der Waals surface area contributed by atoms with Crippen LogP contribution in [0, 0.1) is 5.82 Å². The molecule has 1 fully saturated rings. The highest BCUT2D eigenvalue weighted by molar-refractivity contribution is 7.93. The lowest BCUT2D eigenvalue weighted by atomic mass is 9.94. The first kappa shape index (κ1) is 26.9. The van der Waals surface area contributed by atoms with E-state index in [1.165, 1.54) is 13.8 Å². The van der Waals surface area contributed by atoms with Gasteiger partial charge < -0.3 is 24.1 Å². The molecule has 1 saturated heterocycles. The van der Waals surface area contributed by atoms with Crippen LogP contribution in [0.4, 0.5) is 10.1 Å². The summed E-state index contributed by atoms with van der Waals surface area (Å²) >= 11 is 5.90. The van der Waals surface area contributed by atoms with Crippen molar-refractivity contribution in [3.63, 3.8) is 0 Å². The lowest BCUT2D eigenvalue weighted by Gasteiger charge is -2.33. The molecule has 3 atom stereocenters. The van der Waals surface area contributed by atoms with E-state index in [9.17, 15) is 32.3 Å². The molecule has 1 aromatic carbocycles. The number of anilines is 1. The maximum Gasteiger partial charge on any atom is 0.332 e. The van der Waals surface area contributed by atoms with Crippen LogP contribution in [0.2, 0.25) is 5.02 Å². The van der Waals surface area contributed by atoms with Gasteiger partial charge in [-0.1, -0.05) is 11.6 Å². The molecule has 0 radical (unpaired) electrons. The van der Waals surface area contributed by atoms with Crippen molar-refractivity contribution in [1.29, 1.82) is 0 Å². The van der Waals surface area contributed by atoms with Gasteiger partial charge in [0.15, 0.2) is 5.79 Å².